The maximum atomic E-state index is 12.0. The van der Waals surface area contributed by atoms with Crippen LogP contribution in [0.5, 0.6) is 11.5 Å². The van der Waals surface area contributed by atoms with E-state index in [2.05, 4.69) is 20.1 Å². The van der Waals surface area contributed by atoms with Crippen molar-refractivity contribution < 1.29 is 14.3 Å². The van der Waals surface area contributed by atoms with Crippen LogP contribution in [0, 0.1) is 0 Å². The van der Waals surface area contributed by atoms with E-state index in [4.69, 9.17) is 9.47 Å². The van der Waals surface area contributed by atoms with E-state index in [1.165, 1.54) is 6.08 Å². The second kappa shape index (κ2) is 7.83. The Bertz CT molecular complexity index is 783. The van der Waals surface area contributed by atoms with Crippen molar-refractivity contribution in [2.45, 2.75) is 25.8 Å². The molecule has 25 heavy (non-hydrogen) atoms. The van der Waals surface area contributed by atoms with Crippen LogP contribution in [-0.2, 0) is 24.2 Å². The summed E-state index contributed by atoms with van der Waals surface area (Å²) in [7, 11) is 3.19. The van der Waals surface area contributed by atoms with E-state index in [-0.39, 0.29) is 5.91 Å². The number of carbonyl (C=O) groups excluding carboxylic acids is 1. The maximum absolute atomic E-state index is 12.0. The Morgan fingerprint density at radius 1 is 1.32 bits per heavy atom. The van der Waals surface area contributed by atoms with Gasteiger partial charge in [-0.25, -0.2) is 0 Å². The SMILES string of the molecule is COc1ccc(OC)c(/C=C/C(=O)NCCc2nnc3n2CCC3)c1. The summed E-state index contributed by atoms with van der Waals surface area (Å²) in [4.78, 5) is 12.0. The fourth-order valence-electron chi connectivity index (χ4n) is 2.89. The highest BCUT2D eigenvalue weighted by molar-refractivity contribution is 5.92. The minimum Gasteiger partial charge on any atom is -0.497 e. The van der Waals surface area contributed by atoms with E-state index >= 15 is 0 Å². The van der Waals surface area contributed by atoms with Gasteiger partial charge >= 0.3 is 0 Å². The van der Waals surface area contributed by atoms with Gasteiger partial charge in [0, 0.05) is 37.6 Å². The zero-order chi connectivity index (χ0) is 17.6. The number of rotatable bonds is 7. The number of nitrogens with one attached hydrogen (secondary N) is 1. The molecule has 0 bridgehead atoms. The van der Waals surface area contributed by atoms with Gasteiger partial charge in [0.15, 0.2) is 0 Å². The molecule has 1 aromatic heterocycles. The molecule has 7 heteroatoms. The number of carbonyl (C=O) groups is 1. The van der Waals surface area contributed by atoms with E-state index in [0.29, 0.717) is 24.5 Å². The van der Waals surface area contributed by atoms with Crippen LogP contribution in [0.25, 0.3) is 6.08 Å². The molecule has 0 unspecified atom stereocenters. The Morgan fingerprint density at radius 2 is 2.20 bits per heavy atom. The minimum absolute atomic E-state index is 0.161. The molecule has 1 amide bonds. The average molecular weight is 342 g/mol. The zero-order valence-electron chi connectivity index (χ0n) is 14.5. The fourth-order valence-corrected chi connectivity index (χ4v) is 2.89. The molecule has 0 radical (unpaired) electrons. The number of hydrogen-bond donors (Lipinski definition) is 1. The summed E-state index contributed by atoms with van der Waals surface area (Å²) in [5, 5.41) is 11.2. The predicted molar refractivity (Wildman–Crippen MR) is 93.6 cm³/mol. The number of fused-ring (bicyclic) bond motifs is 1. The molecule has 3 rings (SSSR count). The molecule has 0 aliphatic carbocycles. The van der Waals surface area contributed by atoms with Crippen molar-refractivity contribution in [2.75, 3.05) is 20.8 Å². The fraction of sp³-hybridized carbons (Fsp3) is 0.389. The molecule has 1 aromatic carbocycles. The summed E-state index contributed by atoms with van der Waals surface area (Å²) in [6, 6.07) is 5.44. The summed E-state index contributed by atoms with van der Waals surface area (Å²) in [5.41, 5.74) is 0.785. The first-order chi connectivity index (χ1) is 12.2. The Morgan fingerprint density at radius 3 is 3.00 bits per heavy atom. The smallest absolute Gasteiger partial charge is 0.244 e. The van der Waals surface area contributed by atoms with Crippen LogP contribution in [0.1, 0.15) is 23.6 Å². The summed E-state index contributed by atoms with van der Waals surface area (Å²) >= 11 is 0. The average Bonchev–Trinajstić information content (AvgIpc) is 3.24. The number of benzene rings is 1. The van der Waals surface area contributed by atoms with Crippen LogP contribution in [-0.4, -0.2) is 41.4 Å². The molecule has 0 saturated heterocycles. The molecule has 1 aliphatic rings. The summed E-state index contributed by atoms with van der Waals surface area (Å²) in [6.45, 7) is 1.50. The van der Waals surface area contributed by atoms with E-state index in [0.717, 1.165) is 36.6 Å². The highest BCUT2D eigenvalue weighted by Gasteiger charge is 2.16. The number of nitrogens with zero attached hydrogens (tertiary/aromatic N) is 3. The third kappa shape index (κ3) is 3.99. The Balaban J connectivity index is 1.54. The summed E-state index contributed by atoms with van der Waals surface area (Å²) < 4.78 is 12.6. The van der Waals surface area contributed by atoms with Crippen LogP contribution in [0.15, 0.2) is 24.3 Å². The molecular weight excluding hydrogens is 320 g/mol. The van der Waals surface area contributed by atoms with E-state index in [1.807, 2.05) is 18.2 Å². The van der Waals surface area contributed by atoms with Gasteiger partial charge in [0.25, 0.3) is 0 Å². The molecule has 2 aromatic rings. The number of methoxy groups -OCH3 is 2. The van der Waals surface area contributed by atoms with Crippen molar-refractivity contribution in [3.05, 3.63) is 41.5 Å². The second-order valence-corrected chi connectivity index (χ2v) is 5.77. The monoisotopic (exact) mass is 342 g/mol. The molecule has 1 N–H and O–H groups in total. The van der Waals surface area contributed by atoms with Gasteiger partial charge in [0.1, 0.15) is 23.1 Å². The second-order valence-electron chi connectivity index (χ2n) is 5.77. The van der Waals surface area contributed by atoms with E-state index in [1.54, 1.807) is 20.3 Å². The molecule has 0 atom stereocenters. The number of hydrogen-bond acceptors (Lipinski definition) is 5. The highest BCUT2D eigenvalue weighted by atomic mass is 16.5. The first-order valence-electron chi connectivity index (χ1n) is 8.30. The molecule has 1 aliphatic heterocycles. The van der Waals surface area contributed by atoms with Crippen LogP contribution in [0.2, 0.25) is 0 Å². The van der Waals surface area contributed by atoms with Crippen molar-refractivity contribution in [1.29, 1.82) is 0 Å². The van der Waals surface area contributed by atoms with E-state index < -0.39 is 0 Å². The molecule has 0 saturated carbocycles. The van der Waals surface area contributed by atoms with Crippen LogP contribution >= 0.6 is 0 Å². The third-order valence-corrected chi connectivity index (χ3v) is 4.19. The topological polar surface area (TPSA) is 78.3 Å². The highest BCUT2D eigenvalue weighted by Crippen LogP contribution is 2.25. The Hall–Kier alpha value is -2.83. The first-order valence-corrected chi connectivity index (χ1v) is 8.30. The lowest BCUT2D eigenvalue weighted by molar-refractivity contribution is -0.116. The summed E-state index contributed by atoms with van der Waals surface area (Å²) in [5.74, 6) is 3.22. The molecule has 132 valence electrons. The van der Waals surface area contributed by atoms with Crippen molar-refractivity contribution in [2.24, 2.45) is 0 Å². The Kier molecular flexibility index (Phi) is 5.33. The molecule has 0 spiro atoms. The zero-order valence-corrected chi connectivity index (χ0v) is 14.5. The van der Waals surface area contributed by atoms with Gasteiger partial charge in [-0.3, -0.25) is 4.79 Å². The lowest BCUT2D eigenvalue weighted by atomic mass is 10.1. The third-order valence-electron chi connectivity index (χ3n) is 4.19. The molecular formula is C18H22N4O3. The first kappa shape index (κ1) is 17.0. The minimum atomic E-state index is -0.161. The number of ether oxygens (including phenoxy) is 2. The lowest BCUT2D eigenvalue weighted by Crippen LogP contribution is -2.24. The predicted octanol–water partition coefficient (Wildman–Crippen LogP) is 1.61. The van der Waals surface area contributed by atoms with Crippen molar-refractivity contribution in [3.63, 3.8) is 0 Å². The van der Waals surface area contributed by atoms with Gasteiger partial charge in [-0.1, -0.05) is 0 Å². The van der Waals surface area contributed by atoms with Crippen molar-refractivity contribution >= 4 is 12.0 Å². The normalized spacial score (nSPS) is 13.0. The van der Waals surface area contributed by atoms with Gasteiger partial charge in [0.2, 0.25) is 5.91 Å². The van der Waals surface area contributed by atoms with Gasteiger partial charge in [-0.05, 0) is 30.7 Å². The molecule has 2 heterocycles. The molecule has 0 fully saturated rings. The van der Waals surface area contributed by atoms with Gasteiger partial charge in [-0.15, -0.1) is 10.2 Å². The number of amides is 1. The summed E-state index contributed by atoms with van der Waals surface area (Å²) in [6.07, 6.45) is 5.99. The van der Waals surface area contributed by atoms with Crippen molar-refractivity contribution in [3.8, 4) is 11.5 Å². The maximum Gasteiger partial charge on any atom is 0.244 e. The lowest BCUT2D eigenvalue weighted by Gasteiger charge is -2.07. The van der Waals surface area contributed by atoms with Gasteiger partial charge < -0.3 is 19.4 Å². The number of aromatic nitrogens is 3. The van der Waals surface area contributed by atoms with Gasteiger partial charge in [-0.2, -0.15) is 0 Å². The molecule has 7 nitrogen and oxygen atoms in total. The largest absolute Gasteiger partial charge is 0.497 e. The number of aryl methyl sites for hydroxylation is 1. The quantitative estimate of drug-likeness (QED) is 0.774. The Labute approximate surface area is 146 Å². The van der Waals surface area contributed by atoms with Crippen LogP contribution in [0.3, 0.4) is 0 Å². The van der Waals surface area contributed by atoms with Gasteiger partial charge in [0.05, 0.1) is 14.2 Å². The standard InChI is InChI=1S/C18H22N4O3/c1-24-14-6-7-15(25-2)13(12-14)5-8-18(23)19-10-9-17-21-20-16-4-3-11-22(16)17/h5-8,12H,3-4,9-11H2,1-2H3,(H,19,23)/b8-5+. The van der Waals surface area contributed by atoms with E-state index in [9.17, 15) is 4.79 Å². The van der Waals surface area contributed by atoms with Crippen molar-refractivity contribution in [1.82, 2.24) is 20.1 Å². The van der Waals surface area contributed by atoms with Crippen LogP contribution in [0.4, 0.5) is 0 Å². The van der Waals surface area contributed by atoms with Crippen LogP contribution < -0.4 is 14.8 Å².